The smallest absolute Gasteiger partial charge is 0.000179 e. The van der Waals surface area contributed by atoms with Crippen molar-refractivity contribution in [1.29, 1.82) is 0 Å². The Hall–Kier alpha value is -0.780. The first-order chi connectivity index (χ1) is 6.45. The van der Waals surface area contributed by atoms with Gasteiger partial charge in [0.15, 0.2) is 0 Å². The van der Waals surface area contributed by atoms with Crippen molar-refractivity contribution in [2.45, 2.75) is 41.5 Å². The summed E-state index contributed by atoms with van der Waals surface area (Å²) in [6, 6.07) is 0. The van der Waals surface area contributed by atoms with Gasteiger partial charge in [0.1, 0.15) is 0 Å². The third-order valence-electron chi connectivity index (χ3n) is 2.92. The standard InChI is InChI=1S/C14H22/c1-9(2)13(10(3)4)14-11(5)7-8-12(14)6/h7-9,11H,1-6H3. The average molecular weight is 190 g/mol. The second kappa shape index (κ2) is 4.16. The highest BCUT2D eigenvalue weighted by Gasteiger charge is 2.20. The summed E-state index contributed by atoms with van der Waals surface area (Å²) in [7, 11) is 0. The van der Waals surface area contributed by atoms with E-state index in [0.717, 1.165) is 0 Å². The molecule has 0 spiro atoms. The Morgan fingerprint density at radius 3 is 2.14 bits per heavy atom. The molecule has 1 atom stereocenters. The summed E-state index contributed by atoms with van der Waals surface area (Å²) in [5.41, 5.74) is 6.02. The highest BCUT2D eigenvalue weighted by Crippen LogP contribution is 2.35. The molecule has 0 aromatic heterocycles. The summed E-state index contributed by atoms with van der Waals surface area (Å²) in [6.45, 7) is 13.5. The lowest BCUT2D eigenvalue weighted by molar-refractivity contribution is 0.726. The van der Waals surface area contributed by atoms with Crippen molar-refractivity contribution in [1.82, 2.24) is 0 Å². The summed E-state index contributed by atoms with van der Waals surface area (Å²) in [5.74, 6) is 1.23. The van der Waals surface area contributed by atoms with Crippen molar-refractivity contribution in [2.24, 2.45) is 11.8 Å². The molecule has 14 heavy (non-hydrogen) atoms. The van der Waals surface area contributed by atoms with Crippen LogP contribution < -0.4 is 0 Å². The summed E-state index contributed by atoms with van der Waals surface area (Å²) in [6.07, 6.45) is 4.56. The zero-order valence-corrected chi connectivity index (χ0v) is 10.3. The molecule has 0 aromatic rings. The molecule has 0 aliphatic heterocycles. The van der Waals surface area contributed by atoms with Crippen LogP contribution in [0.3, 0.4) is 0 Å². The lowest BCUT2D eigenvalue weighted by Crippen LogP contribution is -2.06. The second-order valence-electron chi connectivity index (χ2n) is 4.81. The maximum Gasteiger partial charge on any atom is -0.000179 e. The minimum atomic E-state index is 0.599. The zero-order valence-electron chi connectivity index (χ0n) is 10.3. The molecule has 1 aliphatic rings. The zero-order chi connectivity index (χ0) is 10.9. The molecular weight excluding hydrogens is 168 g/mol. The summed E-state index contributed by atoms with van der Waals surface area (Å²) >= 11 is 0. The Bertz CT molecular complexity index is 307. The van der Waals surface area contributed by atoms with E-state index >= 15 is 0 Å². The van der Waals surface area contributed by atoms with Gasteiger partial charge in [-0.25, -0.2) is 0 Å². The van der Waals surface area contributed by atoms with E-state index in [9.17, 15) is 0 Å². The van der Waals surface area contributed by atoms with Gasteiger partial charge in [-0.15, -0.1) is 0 Å². The van der Waals surface area contributed by atoms with Crippen molar-refractivity contribution in [2.75, 3.05) is 0 Å². The van der Waals surface area contributed by atoms with E-state index in [1.165, 1.54) is 11.1 Å². The first-order valence-corrected chi connectivity index (χ1v) is 5.51. The first-order valence-electron chi connectivity index (χ1n) is 5.51. The van der Waals surface area contributed by atoms with Gasteiger partial charge in [0.05, 0.1) is 0 Å². The number of hydrogen-bond acceptors (Lipinski definition) is 0. The number of allylic oxidation sites excluding steroid dienone is 6. The SMILES string of the molecule is CC(C)=C(C1=C(C)C=CC1C)C(C)C. The maximum atomic E-state index is 2.30. The summed E-state index contributed by atoms with van der Waals surface area (Å²) < 4.78 is 0. The van der Waals surface area contributed by atoms with Gasteiger partial charge in [-0.3, -0.25) is 0 Å². The van der Waals surface area contributed by atoms with Gasteiger partial charge >= 0.3 is 0 Å². The van der Waals surface area contributed by atoms with Crippen molar-refractivity contribution < 1.29 is 0 Å². The maximum absolute atomic E-state index is 2.30. The van der Waals surface area contributed by atoms with E-state index < -0.39 is 0 Å². The highest BCUT2D eigenvalue weighted by atomic mass is 14.2. The molecule has 0 N–H and O–H groups in total. The van der Waals surface area contributed by atoms with Crippen molar-refractivity contribution >= 4 is 0 Å². The van der Waals surface area contributed by atoms with E-state index in [1.54, 1.807) is 11.1 Å². The molecule has 0 fully saturated rings. The quantitative estimate of drug-likeness (QED) is 0.601. The largest absolute Gasteiger partial charge is 0.0770 e. The Morgan fingerprint density at radius 2 is 1.86 bits per heavy atom. The summed E-state index contributed by atoms with van der Waals surface area (Å²) in [4.78, 5) is 0. The fourth-order valence-electron chi connectivity index (χ4n) is 2.45. The molecule has 0 radical (unpaired) electrons. The third-order valence-corrected chi connectivity index (χ3v) is 2.92. The van der Waals surface area contributed by atoms with E-state index in [4.69, 9.17) is 0 Å². The molecule has 0 heterocycles. The number of rotatable bonds is 2. The molecule has 0 heteroatoms. The molecule has 0 bridgehead atoms. The van der Waals surface area contributed by atoms with E-state index in [2.05, 4.69) is 53.7 Å². The van der Waals surface area contributed by atoms with Gasteiger partial charge < -0.3 is 0 Å². The molecular formula is C14H22. The summed E-state index contributed by atoms with van der Waals surface area (Å²) in [5, 5.41) is 0. The van der Waals surface area contributed by atoms with Crippen LogP contribution in [0.15, 0.2) is 34.4 Å². The number of hydrogen-bond donors (Lipinski definition) is 0. The van der Waals surface area contributed by atoms with Gasteiger partial charge in [0.25, 0.3) is 0 Å². The van der Waals surface area contributed by atoms with Crippen LogP contribution in [0.2, 0.25) is 0 Å². The van der Waals surface area contributed by atoms with Crippen LogP contribution in [0, 0.1) is 11.8 Å². The third kappa shape index (κ3) is 2.00. The van der Waals surface area contributed by atoms with Gasteiger partial charge in [-0.2, -0.15) is 0 Å². The lowest BCUT2D eigenvalue weighted by atomic mass is 9.85. The topological polar surface area (TPSA) is 0 Å². The molecule has 1 unspecified atom stereocenters. The van der Waals surface area contributed by atoms with E-state index in [0.29, 0.717) is 11.8 Å². The van der Waals surface area contributed by atoms with Crippen LogP contribution in [0.4, 0.5) is 0 Å². The van der Waals surface area contributed by atoms with Crippen LogP contribution >= 0.6 is 0 Å². The predicted molar refractivity (Wildman–Crippen MR) is 64.2 cm³/mol. The fourth-order valence-corrected chi connectivity index (χ4v) is 2.45. The Balaban J connectivity index is 3.16. The minimum absolute atomic E-state index is 0.599. The van der Waals surface area contributed by atoms with Crippen LogP contribution in [0.25, 0.3) is 0 Å². The Labute approximate surface area is 88.4 Å². The fraction of sp³-hybridized carbons (Fsp3) is 0.571. The van der Waals surface area contributed by atoms with Crippen LogP contribution in [-0.2, 0) is 0 Å². The normalized spacial score (nSPS) is 20.9. The molecule has 0 saturated carbocycles. The van der Waals surface area contributed by atoms with E-state index in [-0.39, 0.29) is 0 Å². The van der Waals surface area contributed by atoms with Gasteiger partial charge in [0, 0.05) is 0 Å². The van der Waals surface area contributed by atoms with Crippen molar-refractivity contribution in [3.63, 3.8) is 0 Å². The van der Waals surface area contributed by atoms with Crippen molar-refractivity contribution in [3.05, 3.63) is 34.4 Å². The predicted octanol–water partition coefficient (Wildman–Crippen LogP) is 4.50. The molecule has 78 valence electrons. The first kappa shape index (κ1) is 11.3. The van der Waals surface area contributed by atoms with Crippen molar-refractivity contribution in [3.8, 4) is 0 Å². The van der Waals surface area contributed by atoms with Crippen LogP contribution in [-0.4, -0.2) is 0 Å². The lowest BCUT2D eigenvalue weighted by Gasteiger charge is -2.20. The van der Waals surface area contributed by atoms with Crippen LogP contribution in [0.5, 0.6) is 0 Å². The minimum Gasteiger partial charge on any atom is -0.0770 e. The molecule has 0 saturated heterocycles. The molecule has 0 nitrogen and oxygen atoms in total. The Kier molecular flexibility index (Phi) is 3.36. The monoisotopic (exact) mass is 190 g/mol. The molecule has 1 aliphatic carbocycles. The second-order valence-corrected chi connectivity index (χ2v) is 4.81. The Morgan fingerprint density at radius 1 is 1.29 bits per heavy atom. The molecule has 0 amide bonds. The van der Waals surface area contributed by atoms with Gasteiger partial charge in [0.2, 0.25) is 0 Å². The average Bonchev–Trinajstić information content (AvgIpc) is 2.34. The molecule has 0 aromatic carbocycles. The highest BCUT2D eigenvalue weighted by molar-refractivity contribution is 5.49. The van der Waals surface area contributed by atoms with E-state index in [1.807, 2.05) is 0 Å². The van der Waals surface area contributed by atoms with Crippen LogP contribution in [0.1, 0.15) is 41.5 Å². The molecule has 1 rings (SSSR count). The van der Waals surface area contributed by atoms with Gasteiger partial charge in [-0.1, -0.05) is 38.5 Å². The van der Waals surface area contributed by atoms with Gasteiger partial charge in [-0.05, 0) is 49.3 Å².